The van der Waals surface area contributed by atoms with E-state index in [1.807, 2.05) is 18.2 Å². The van der Waals surface area contributed by atoms with Crippen LogP contribution in [0, 0.1) is 0 Å². The van der Waals surface area contributed by atoms with Gasteiger partial charge < -0.3 is 9.64 Å². The van der Waals surface area contributed by atoms with E-state index in [1.165, 1.54) is 6.20 Å². The maximum absolute atomic E-state index is 12.2. The highest BCUT2D eigenvalue weighted by Gasteiger charge is 2.14. The Bertz CT molecular complexity index is 598. The van der Waals surface area contributed by atoms with Crippen LogP contribution in [-0.4, -0.2) is 47.9 Å². The molecule has 0 spiro atoms. The van der Waals surface area contributed by atoms with Crippen LogP contribution < -0.4 is 0 Å². The zero-order chi connectivity index (χ0) is 14.5. The van der Waals surface area contributed by atoms with Crippen LogP contribution in [0.15, 0.2) is 36.7 Å². The van der Waals surface area contributed by atoms with Crippen molar-refractivity contribution in [2.45, 2.75) is 0 Å². The van der Waals surface area contributed by atoms with Gasteiger partial charge in [0.2, 0.25) is 0 Å². The Labute approximate surface area is 122 Å². The lowest BCUT2D eigenvalue weighted by Gasteiger charge is -2.15. The lowest BCUT2D eigenvalue weighted by molar-refractivity contribution is 0.0744. The van der Waals surface area contributed by atoms with Gasteiger partial charge in [0.25, 0.3) is 5.91 Å². The minimum Gasteiger partial charge on any atom is -0.383 e. The van der Waals surface area contributed by atoms with Gasteiger partial charge >= 0.3 is 0 Å². The molecule has 20 heavy (non-hydrogen) atoms. The van der Waals surface area contributed by atoms with Crippen molar-refractivity contribution in [1.29, 1.82) is 0 Å². The molecule has 0 N–H and O–H groups in total. The lowest BCUT2D eigenvalue weighted by atomic mass is 10.3. The fourth-order valence-corrected chi connectivity index (χ4v) is 1.97. The van der Waals surface area contributed by atoms with Crippen LogP contribution in [-0.2, 0) is 4.74 Å². The highest BCUT2D eigenvalue weighted by atomic mass is 35.5. The summed E-state index contributed by atoms with van der Waals surface area (Å²) in [5.41, 5.74) is 1.26. The van der Waals surface area contributed by atoms with Crippen LogP contribution in [0.3, 0.4) is 0 Å². The third kappa shape index (κ3) is 3.18. The van der Waals surface area contributed by atoms with Crippen molar-refractivity contribution >= 4 is 17.5 Å². The zero-order valence-electron chi connectivity index (χ0n) is 11.4. The van der Waals surface area contributed by atoms with Gasteiger partial charge in [-0.1, -0.05) is 23.7 Å². The maximum atomic E-state index is 12.2. The second-order valence-corrected chi connectivity index (χ2v) is 4.75. The van der Waals surface area contributed by atoms with Crippen molar-refractivity contribution in [3.8, 4) is 5.69 Å². The first-order valence-electron chi connectivity index (χ1n) is 6.17. The van der Waals surface area contributed by atoms with Crippen molar-refractivity contribution in [2.75, 3.05) is 27.3 Å². The normalized spacial score (nSPS) is 10.6. The predicted octanol–water partition coefficient (Wildman–Crippen LogP) is 2.24. The molecule has 0 fully saturated rings. The number of carbonyl (C=O) groups excluding carboxylic acids is 1. The van der Waals surface area contributed by atoms with Gasteiger partial charge in [-0.05, 0) is 12.1 Å². The number of halogens is 1. The summed E-state index contributed by atoms with van der Waals surface area (Å²) in [7, 11) is 3.34. The van der Waals surface area contributed by atoms with Gasteiger partial charge in [-0.3, -0.25) is 4.79 Å². The van der Waals surface area contributed by atoms with Gasteiger partial charge in [0.15, 0.2) is 0 Å². The van der Waals surface area contributed by atoms with E-state index in [-0.39, 0.29) is 5.91 Å². The number of hydrogen-bond donors (Lipinski definition) is 0. The molecule has 2 aromatic rings. The van der Waals surface area contributed by atoms with Gasteiger partial charge in [-0.25, -0.2) is 4.68 Å². The molecular weight excluding hydrogens is 278 g/mol. The summed E-state index contributed by atoms with van der Waals surface area (Å²) in [6.45, 7) is 1.04. The molecule has 0 atom stereocenters. The highest BCUT2D eigenvalue weighted by Crippen LogP contribution is 2.19. The third-order valence-electron chi connectivity index (χ3n) is 2.91. The van der Waals surface area contributed by atoms with E-state index in [1.54, 1.807) is 36.0 Å². The van der Waals surface area contributed by atoms with Crippen molar-refractivity contribution in [3.05, 3.63) is 47.2 Å². The van der Waals surface area contributed by atoms with E-state index < -0.39 is 0 Å². The van der Waals surface area contributed by atoms with E-state index in [9.17, 15) is 4.79 Å². The number of ether oxygens (including phenoxy) is 1. The monoisotopic (exact) mass is 293 g/mol. The number of hydrogen-bond acceptors (Lipinski definition) is 3. The van der Waals surface area contributed by atoms with Crippen LogP contribution >= 0.6 is 11.6 Å². The number of rotatable bonds is 5. The quantitative estimate of drug-likeness (QED) is 0.849. The summed E-state index contributed by atoms with van der Waals surface area (Å²) in [5, 5.41) is 4.77. The molecule has 1 aromatic heterocycles. The molecule has 0 bridgehead atoms. The van der Waals surface area contributed by atoms with Gasteiger partial charge in [0, 0.05) is 26.9 Å². The minimum absolute atomic E-state index is 0.0969. The minimum atomic E-state index is -0.0969. The topological polar surface area (TPSA) is 47.4 Å². The number of aromatic nitrogens is 2. The molecule has 0 saturated heterocycles. The van der Waals surface area contributed by atoms with Crippen molar-refractivity contribution in [3.63, 3.8) is 0 Å². The smallest absolute Gasteiger partial charge is 0.256 e. The molecule has 5 nitrogen and oxygen atoms in total. The van der Waals surface area contributed by atoms with E-state index in [4.69, 9.17) is 16.3 Å². The van der Waals surface area contributed by atoms with Crippen LogP contribution in [0.2, 0.25) is 5.02 Å². The van der Waals surface area contributed by atoms with E-state index in [2.05, 4.69) is 5.10 Å². The Hall–Kier alpha value is -1.85. The summed E-state index contributed by atoms with van der Waals surface area (Å²) >= 11 is 6.11. The third-order valence-corrected chi connectivity index (χ3v) is 3.23. The Morgan fingerprint density at radius 3 is 2.90 bits per heavy atom. The van der Waals surface area contributed by atoms with Crippen molar-refractivity contribution in [1.82, 2.24) is 14.7 Å². The van der Waals surface area contributed by atoms with Gasteiger partial charge in [-0.2, -0.15) is 5.10 Å². The first kappa shape index (κ1) is 14.6. The summed E-state index contributed by atoms with van der Waals surface area (Å²) in [6, 6.07) is 7.35. The second-order valence-electron chi connectivity index (χ2n) is 4.34. The molecular formula is C14H16ClN3O2. The number of benzene rings is 1. The SMILES string of the molecule is COCCN(C)C(=O)c1cnn(-c2ccccc2Cl)c1. The molecule has 1 aromatic carbocycles. The van der Waals surface area contributed by atoms with E-state index >= 15 is 0 Å². The Morgan fingerprint density at radius 2 is 2.20 bits per heavy atom. The van der Waals surface area contributed by atoms with Crippen molar-refractivity contribution < 1.29 is 9.53 Å². The molecule has 0 radical (unpaired) electrons. The van der Waals surface area contributed by atoms with Crippen LogP contribution in [0.5, 0.6) is 0 Å². The molecule has 0 saturated carbocycles. The number of methoxy groups -OCH3 is 1. The van der Waals surface area contributed by atoms with Crippen LogP contribution in [0.4, 0.5) is 0 Å². The molecule has 6 heteroatoms. The second kappa shape index (κ2) is 6.54. The lowest BCUT2D eigenvalue weighted by Crippen LogP contribution is -2.29. The zero-order valence-corrected chi connectivity index (χ0v) is 12.2. The molecule has 0 unspecified atom stereocenters. The van der Waals surface area contributed by atoms with Crippen molar-refractivity contribution in [2.24, 2.45) is 0 Å². The number of nitrogens with zero attached hydrogens (tertiary/aromatic N) is 3. The molecule has 1 heterocycles. The summed E-state index contributed by atoms with van der Waals surface area (Å²) in [6.07, 6.45) is 3.21. The molecule has 106 valence electrons. The highest BCUT2D eigenvalue weighted by molar-refractivity contribution is 6.32. The van der Waals surface area contributed by atoms with E-state index in [0.717, 1.165) is 5.69 Å². The number of amides is 1. The molecule has 0 aliphatic rings. The fourth-order valence-electron chi connectivity index (χ4n) is 1.75. The maximum Gasteiger partial charge on any atom is 0.256 e. The summed E-state index contributed by atoms with van der Waals surface area (Å²) in [5.74, 6) is -0.0969. The fraction of sp³-hybridized carbons (Fsp3) is 0.286. The molecule has 1 amide bonds. The first-order chi connectivity index (χ1) is 9.63. The van der Waals surface area contributed by atoms with Gasteiger partial charge in [0.1, 0.15) is 0 Å². The number of carbonyl (C=O) groups is 1. The number of para-hydroxylation sites is 1. The predicted molar refractivity (Wildman–Crippen MR) is 77.4 cm³/mol. The van der Waals surface area contributed by atoms with Crippen LogP contribution in [0.1, 0.15) is 10.4 Å². The summed E-state index contributed by atoms with van der Waals surface area (Å²) < 4.78 is 6.55. The Balaban J connectivity index is 2.17. The van der Waals surface area contributed by atoms with E-state index in [0.29, 0.717) is 23.7 Å². The standard InChI is InChI=1S/C14H16ClN3O2/c1-17(7-8-20-2)14(19)11-9-16-18(10-11)13-6-4-3-5-12(13)15/h3-6,9-10H,7-8H2,1-2H3. The average Bonchev–Trinajstić information content (AvgIpc) is 2.94. The first-order valence-corrected chi connectivity index (χ1v) is 6.55. The average molecular weight is 294 g/mol. The number of likely N-dealkylation sites (N-methyl/N-ethyl adjacent to an activating group) is 1. The van der Waals surface area contributed by atoms with Crippen LogP contribution in [0.25, 0.3) is 5.69 Å². The largest absolute Gasteiger partial charge is 0.383 e. The Kier molecular flexibility index (Phi) is 4.76. The van der Waals surface area contributed by atoms with Gasteiger partial charge in [0.05, 0.1) is 29.1 Å². The Morgan fingerprint density at radius 1 is 1.45 bits per heavy atom. The molecule has 0 aliphatic heterocycles. The molecule has 2 rings (SSSR count). The van der Waals surface area contributed by atoms with Gasteiger partial charge in [-0.15, -0.1) is 0 Å². The molecule has 0 aliphatic carbocycles. The summed E-state index contributed by atoms with van der Waals surface area (Å²) in [4.78, 5) is 13.8.